The number of hydrogen-bond donors (Lipinski definition) is 2. The Labute approximate surface area is 160 Å². The Bertz CT molecular complexity index is 1050. The second-order valence-electron chi connectivity index (χ2n) is 5.91. The van der Waals surface area contributed by atoms with Crippen molar-refractivity contribution >= 4 is 17.6 Å². The Morgan fingerprint density at radius 3 is 2.36 bits per heavy atom. The average molecular weight is 387 g/mol. The Balaban J connectivity index is 1.92. The lowest BCUT2D eigenvalue weighted by atomic mass is 10.1. The maximum atomic E-state index is 12.7. The minimum absolute atomic E-state index is 0.0944. The van der Waals surface area contributed by atoms with Crippen LogP contribution in [0.1, 0.15) is 29.4 Å². The fraction of sp³-hybridized carbons (Fsp3) is 0.333. The van der Waals surface area contributed by atoms with Gasteiger partial charge in [0.2, 0.25) is 11.7 Å². The van der Waals surface area contributed by atoms with Crippen molar-refractivity contribution in [2.45, 2.75) is 19.8 Å². The van der Waals surface area contributed by atoms with E-state index in [1.54, 1.807) is 0 Å². The van der Waals surface area contributed by atoms with Crippen LogP contribution >= 0.6 is 0 Å². The molecule has 10 nitrogen and oxygen atoms in total. The van der Waals surface area contributed by atoms with Crippen LogP contribution in [0.15, 0.2) is 23.0 Å². The molecule has 3 rings (SSSR count). The van der Waals surface area contributed by atoms with Gasteiger partial charge in [-0.05, 0) is 18.6 Å². The van der Waals surface area contributed by atoms with E-state index in [4.69, 9.17) is 14.2 Å². The molecule has 148 valence electrons. The van der Waals surface area contributed by atoms with E-state index in [1.165, 1.54) is 44.0 Å². The normalized spacial score (nSPS) is 10.7. The van der Waals surface area contributed by atoms with Gasteiger partial charge in [-0.15, -0.1) is 0 Å². The first kappa shape index (κ1) is 19.2. The largest absolute Gasteiger partial charge is 0.493 e. The molecule has 1 aromatic carbocycles. The molecule has 10 heteroatoms. The predicted molar refractivity (Wildman–Crippen MR) is 102 cm³/mol. The molecule has 28 heavy (non-hydrogen) atoms. The summed E-state index contributed by atoms with van der Waals surface area (Å²) in [7, 11) is 4.40. The highest BCUT2D eigenvalue weighted by Gasteiger charge is 2.18. The number of rotatable bonds is 7. The number of aryl methyl sites for hydroxylation is 1. The molecule has 0 unspecified atom stereocenters. The third kappa shape index (κ3) is 3.61. The number of ether oxygens (including phenoxy) is 3. The van der Waals surface area contributed by atoms with Crippen LogP contribution in [0.3, 0.4) is 0 Å². The van der Waals surface area contributed by atoms with E-state index in [1.807, 2.05) is 6.92 Å². The van der Waals surface area contributed by atoms with Gasteiger partial charge in [0.05, 0.1) is 27.0 Å². The van der Waals surface area contributed by atoms with Gasteiger partial charge < -0.3 is 14.2 Å². The maximum Gasteiger partial charge on any atom is 0.274 e. The van der Waals surface area contributed by atoms with Gasteiger partial charge in [0.1, 0.15) is 0 Å². The summed E-state index contributed by atoms with van der Waals surface area (Å²) in [5.74, 6) is 0.884. The van der Waals surface area contributed by atoms with Crippen LogP contribution < -0.4 is 25.1 Å². The van der Waals surface area contributed by atoms with Gasteiger partial charge in [-0.2, -0.15) is 9.50 Å². The topological polar surface area (TPSA) is 120 Å². The SMILES string of the molecule is CCCc1cc(=O)n2[nH]c(NC(=O)c3cc(OC)c(OC)c(OC)c3)nc2n1. The lowest BCUT2D eigenvalue weighted by molar-refractivity contribution is 0.102. The highest BCUT2D eigenvalue weighted by molar-refractivity contribution is 6.04. The highest BCUT2D eigenvalue weighted by atomic mass is 16.5. The Morgan fingerprint density at radius 1 is 1.11 bits per heavy atom. The first-order chi connectivity index (χ1) is 13.5. The zero-order chi connectivity index (χ0) is 20.3. The summed E-state index contributed by atoms with van der Waals surface area (Å²) >= 11 is 0. The number of fused-ring (bicyclic) bond motifs is 1. The molecule has 0 saturated carbocycles. The van der Waals surface area contributed by atoms with Crippen molar-refractivity contribution in [1.29, 1.82) is 0 Å². The van der Waals surface area contributed by atoms with Gasteiger partial charge in [0, 0.05) is 11.6 Å². The molecule has 0 fully saturated rings. The third-order valence-corrected chi connectivity index (χ3v) is 4.05. The van der Waals surface area contributed by atoms with E-state index < -0.39 is 5.91 Å². The van der Waals surface area contributed by atoms with Gasteiger partial charge in [-0.1, -0.05) is 13.3 Å². The van der Waals surface area contributed by atoms with Crippen molar-refractivity contribution in [3.8, 4) is 17.2 Å². The van der Waals surface area contributed by atoms with Gasteiger partial charge in [-0.3, -0.25) is 20.0 Å². The van der Waals surface area contributed by atoms with Crippen molar-refractivity contribution in [3.05, 3.63) is 39.8 Å². The van der Waals surface area contributed by atoms with E-state index in [9.17, 15) is 9.59 Å². The number of nitrogens with zero attached hydrogens (tertiary/aromatic N) is 3. The van der Waals surface area contributed by atoms with Gasteiger partial charge >= 0.3 is 0 Å². The third-order valence-electron chi connectivity index (χ3n) is 4.05. The standard InChI is InChI=1S/C18H21N5O5/c1-5-6-11-9-14(24)23-18(19-11)21-17(22-23)20-16(25)10-7-12(26-2)15(28-4)13(8-10)27-3/h7-9H,5-6H2,1-4H3,(H2,19,20,21,22,25). The van der Waals surface area contributed by atoms with Crippen LogP contribution in [0.4, 0.5) is 5.95 Å². The molecule has 0 aliphatic rings. The molecule has 0 bridgehead atoms. The van der Waals surface area contributed by atoms with Crippen LogP contribution in [-0.4, -0.2) is 46.8 Å². The van der Waals surface area contributed by atoms with Crippen molar-refractivity contribution in [2.75, 3.05) is 26.6 Å². The smallest absolute Gasteiger partial charge is 0.274 e. The molecule has 2 heterocycles. The number of nitrogens with one attached hydrogen (secondary N) is 2. The summed E-state index contributed by atoms with van der Waals surface area (Å²) in [4.78, 5) is 33.3. The first-order valence-electron chi connectivity index (χ1n) is 8.60. The summed E-state index contributed by atoms with van der Waals surface area (Å²) in [6.07, 6.45) is 1.53. The summed E-state index contributed by atoms with van der Waals surface area (Å²) in [6, 6.07) is 4.48. The Morgan fingerprint density at radius 2 is 1.79 bits per heavy atom. The lowest BCUT2D eigenvalue weighted by Crippen LogP contribution is -2.16. The molecule has 0 aliphatic carbocycles. The Kier molecular flexibility index (Phi) is 5.48. The fourth-order valence-corrected chi connectivity index (χ4v) is 2.76. The number of hydrogen-bond acceptors (Lipinski definition) is 7. The van der Waals surface area contributed by atoms with Gasteiger partial charge in [0.15, 0.2) is 11.5 Å². The summed E-state index contributed by atoms with van der Waals surface area (Å²) < 4.78 is 16.9. The van der Waals surface area contributed by atoms with Crippen LogP contribution in [0.2, 0.25) is 0 Å². The second-order valence-corrected chi connectivity index (χ2v) is 5.91. The monoisotopic (exact) mass is 387 g/mol. The average Bonchev–Trinajstić information content (AvgIpc) is 3.09. The van der Waals surface area contributed by atoms with Crippen LogP contribution in [0.25, 0.3) is 5.78 Å². The molecule has 0 radical (unpaired) electrons. The van der Waals surface area contributed by atoms with Gasteiger partial charge in [-0.25, -0.2) is 4.98 Å². The quantitative estimate of drug-likeness (QED) is 0.632. The minimum atomic E-state index is -0.472. The molecule has 0 aliphatic heterocycles. The lowest BCUT2D eigenvalue weighted by Gasteiger charge is -2.13. The zero-order valence-corrected chi connectivity index (χ0v) is 16.0. The van der Waals surface area contributed by atoms with E-state index in [0.717, 1.165) is 6.42 Å². The molecular formula is C18H21N5O5. The number of carbonyl (C=O) groups excluding carboxylic acids is 1. The summed E-state index contributed by atoms with van der Waals surface area (Å²) in [6.45, 7) is 2.00. The molecule has 0 atom stereocenters. The highest BCUT2D eigenvalue weighted by Crippen LogP contribution is 2.38. The maximum absolute atomic E-state index is 12.7. The number of aromatic amines is 1. The molecule has 0 spiro atoms. The number of benzene rings is 1. The molecule has 2 aromatic heterocycles. The second kappa shape index (κ2) is 7.99. The number of H-pyrrole nitrogens is 1. The number of methoxy groups -OCH3 is 3. The molecule has 1 amide bonds. The van der Waals surface area contributed by atoms with Crippen LogP contribution in [0.5, 0.6) is 17.2 Å². The van der Waals surface area contributed by atoms with Crippen LogP contribution in [-0.2, 0) is 6.42 Å². The molecule has 2 N–H and O–H groups in total. The summed E-state index contributed by atoms with van der Waals surface area (Å²) in [5, 5.41) is 5.33. The van der Waals surface area contributed by atoms with Crippen molar-refractivity contribution in [1.82, 2.24) is 19.6 Å². The predicted octanol–water partition coefficient (Wildman–Crippen LogP) is 1.65. The van der Waals surface area contributed by atoms with Crippen molar-refractivity contribution < 1.29 is 19.0 Å². The number of amides is 1. The minimum Gasteiger partial charge on any atom is -0.493 e. The van der Waals surface area contributed by atoms with Crippen molar-refractivity contribution in [3.63, 3.8) is 0 Å². The van der Waals surface area contributed by atoms with Gasteiger partial charge in [0.25, 0.3) is 17.2 Å². The first-order valence-corrected chi connectivity index (χ1v) is 8.60. The van der Waals surface area contributed by atoms with E-state index in [2.05, 4.69) is 20.4 Å². The van der Waals surface area contributed by atoms with E-state index >= 15 is 0 Å². The van der Waals surface area contributed by atoms with E-state index in [0.29, 0.717) is 29.4 Å². The Hall–Kier alpha value is -3.56. The number of anilines is 1. The van der Waals surface area contributed by atoms with Crippen molar-refractivity contribution in [2.24, 2.45) is 0 Å². The van der Waals surface area contributed by atoms with E-state index in [-0.39, 0.29) is 22.8 Å². The fourth-order valence-electron chi connectivity index (χ4n) is 2.76. The molecular weight excluding hydrogens is 366 g/mol. The molecule has 0 saturated heterocycles. The summed E-state index contributed by atoms with van der Waals surface area (Å²) in [5.41, 5.74) is 0.623. The number of carbonyl (C=O) groups is 1. The number of aromatic nitrogens is 4. The zero-order valence-electron chi connectivity index (χ0n) is 16.0. The molecule has 3 aromatic rings. The van der Waals surface area contributed by atoms with Crippen LogP contribution in [0, 0.1) is 0 Å².